The molecule has 2 saturated heterocycles. The van der Waals surface area contributed by atoms with E-state index in [0.717, 1.165) is 23.0 Å². The third-order valence-corrected chi connectivity index (χ3v) is 6.15. The summed E-state index contributed by atoms with van der Waals surface area (Å²) in [6.45, 7) is -1.79. The molecule has 0 aromatic heterocycles. The van der Waals surface area contributed by atoms with Crippen LogP contribution in [0, 0.1) is 0 Å². The molecule has 5 rings (SSSR count). The number of carbonyl (C=O) groups is 2. The number of alkyl halides is 2. The van der Waals surface area contributed by atoms with Crippen LogP contribution in [0.1, 0.15) is 29.2 Å². The fraction of sp³-hybridized carbons (Fsp3) is 0.391. The molecule has 2 aromatic rings. The van der Waals surface area contributed by atoms with Crippen molar-refractivity contribution in [3.63, 3.8) is 0 Å². The van der Waals surface area contributed by atoms with Crippen LogP contribution in [0.2, 0.25) is 0 Å². The van der Waals surface area contributed by atoms with E-state index in [4.69, 9.17) is 14.2 Å². The molecule has 1 spiro atoms. The second-order valence-corrected chi connectivity index (χ2v) is 8.00. The third-order valence-electron chi connectivity index (χ3n) is 6.15. The number of ether oxygens (including phenoxy) is 3. The standard InChI is InChI=1S/C23H21F2NO5/c24-22(25)31-21-17-4-2-1-3-16(17)19-9-14(5-6-18(19)21)10-20(28)26-13-23(11-15(26)12-27)29-7-8-30-23/h1-6,9,12,15,21-22H,7-8,10-11,13H2. The quantitative estimate of drug-likeness (QED) is 0.684. The highest BCUT2D eigenvalue weighted by atomic mass is 19.3. The molecule has 6 nitrogen and oxygen atoms in total. The van der Waals surface area contributed by atoms with Crippen molar-refractivity contribution in [2.75, 3.05) is 19.8 Å². The summed E-state index contributed by atoms with van der Waals surface area (Å²) in [6, 6.07) is 12.0. The molecule has 0 bridgehead atoms. The number of halogens is 2. The van der Waals surface area contributed by atoms with Crippen molar-refractivity contribution in [3.8, 4) is 11.1 Å². The predicted molar refractivity (Wildman–Crippen MR) is 105 cm³/mol. The van der Waals surface area contributed by atoms with Gasteiger partial charge in [0.25, 0.3) is 0 Å². The summed E-state index contributed by atoms with van der Waals surface area (Å²) in [7, 11) is 0. The molecule has 8 heteroatoms. The summed E-state index contributed by atoms with van der Waals surface area (Å²) in [4.78, 5) is 26.1. The Balaban J connectivity index is 1.39. The second kappa shape index (κ2) is 7.78. The first kappa shape index (κ1) is 20.2. The maximum atomic E-state index is 13.0. The molecule has 31 heavy (non-hydrogen) atoms. The van der Waals surface area contributed by atoms with E-state index in [1.165, 1.54) is 4.90 Å². The fourth-order valence-electron chi connectivity index (χ4n) is 4.81. The van der Waals surface area contributed by atoms with Crippen molar-refractivity contribution in [2.24, 2.45) is 0 Å². The van der Waals surface area contributed by atoms with Gasteiger partial charge in [-0.1, -0.05) is 42.5 Å². The molecular weight excluding hydrogens is 408 g/mol. The Morgan fingerprint density at radius 2 is 1.90 bits per heavy atom. The van der Waals surface area contributed by atoms with Gasteiger partial charge in [0, 0.05) is 6.42 Å². The van der Waals surface area contributed by atoms with Crippen LogP contribution in [-0.4, -0.2) is 55.3 Å². The van der Waals surface area contributed by atoms with Crippen molar-refractivity contribution in [2.45, 2.75) is 37.4 Å². The lowest BCUT2D eigenvalue weighted by molar-refractivity contribution is -0.152. The number of aldehydes is 1. The monoisotopic (exact) mass is 429 g/mol. The lowest BCUT2D eigenvalue weighted by Gasteiger charge is -2.23. The van der Waals surface area contributed by atoms with Crippen LogP contribution in [0.15, 0.2) is 42.5 Å². The van der Waals surface area contributed by atoms with Crippen molar-refractivity contribution >= 4 is 12.2 Å². The molecule has 2 atom stereocenters. The van der Waals surface area contributed by atoms with Gasteiger partial charge >= 0.3 is 6.61 Å². The molecule has 2 heterocycles. The van der Waals surface area contributed by atoms with E-state index in [1.807, 2.05) is 18.2 Å². The fourth-order valence-corrected chi connectivity index (χ4v) is 4.81. The minimum Gasteiger partial charge on any atom is -0.346 e. The average Bonchev–Trinajstić information content (AvgIpc) is 3.45. The maximum Gasteiger partial charge on any atom is 0.346 e. The number of fused-ring (bicyclic) bond motifs is 3. The van der Waals surface area contributed by atoms with Gasteiger partial charge < -0.3 is 23.9 Å². The van der Waals surface area contributed by atoms with Crippen molar-refractivity contribution in [1.82, 2.24) is 4.90 Å². The average molecular weight is 429 g/mol. The second-order valence-electron chi connectivity index (χ2n) is 8.00. The topological polar surface area (TPSA) is 65.1 Å². The molecule has 2 aliphatic heterocycles. The van der Waals surface area contributed by atoms with Crippen LogP contribution in [-0.2, 0) is 30.2 Å². The Kier molecular flexibility index (Phi) is 5.08. The Labute approximate surface area is 177 Å². The molecule has 3 aliphatic rings. The Morgan fingerprint density at radius 3 is 2.65 bits per heavy atom. The summed E-state index contributed by atoms with van der Waals surface area (Å²) in [5.74, 6) is -1.10. The van der Waals surface area contributed by atoms with E-state index in [9.17, 15) is 18.4 Å². The van der Waals surface area contributed by atoms with Gasteiger partial charge in [0.2, 0.25) is 5.91 Å². The Bertz CT molecular complexity index is 1020. The SMILES string of the molecule is O=CC1CC2(CN1C(=O)Cc1ccc3c(c1)-c1ccccc1C3OC(F)F)OCCO2. The smallest absolute Gasteiger partial charge is 0.346 e. The molecule has 2 unspecified atom stereocenters. The lowest BCUT2D eigenvalue weighted by Crippen LogP contribution is -2.40. The molecule has 0 N–H and O–H groups in total. The van der Waals surface area contributed by atoms with Gasteiger partial charge in [0.05, 0.1) is 32.2 Å². The summed E-state index contributed by atoms with van der Waals surface area (Å²) in [5, 5.41) is 0. The molecule has 0 radical (unpaired) electrons. The van der Waals surface area contributed by atoms with E-state index < -0.39 is 24.5 Å². The van der Waals surface area contributed by atoms with Crippen molar-refractivity contribution in [3.05, 3.63) is 59.2 Å². The minimum atomic E-state index is -2.90. The highest BCUT2D eigenvalue weighted by Gasteiger charge is 2.50. The Hall–Kier alpha value is -2.68. The summed E-state index contributed by atoms with van der Waals surface area (Å²) < 4.78 is 42.1. The van der Waals surface area contributed by atoms with Gasteiger partial charge in [0.15, 0.2) is 5.79 Å². The molecule has 162 valence electrons. The molecular formula is C23H21F2NO5. The van der Waals surface area contributed by atoms with Crippen molar-refractivity contribution < 1.29 is 32.6 Å². The lowest BCUT2D eigenvalue weighted by atomic mass is 10.0. The van der Waals surface area contributed by atoms with Crippen LogP contribution >= 0.6 is 0 Å². The van der Waals surface area contributed by atoms with Crippen molar-refractivity contribution in [1.29, 1.82) is 0 Å². The molecule has 0 saturated carbocycles. The zero-order chi connectivity index (χ0) is 21.6. The first-order valence-electron chi connectivity index (χ1n) is 10.2. The first-order valence-corrected chi connectivity index (χ1v) is 10.2. The number of likely N-dealkylation sites (tertiary alicyclic amines) is 1. The number of nitrogens with zero attached hydrogens (tertiary/aromatic N) is 1. The van der Waals surface area contributed by atoms with Gasteiger partial charge in [0.1, 0.15) is 12.4 Å². The van der Waals surface area contributed by atoms with Crippen LogP contribution in [0.4, 0.5) is 8.78 Å². The zero-order valence-electron chi connectivity index (χ0n) is 16.6. The minimum absolute atomic E-state index is 0.0796. The molecule has 2 aromatic carbocycles. The highest BCUT2D eigenvalue weighted by molar-refractivity contribution is 5.84. The number of amides is 1. The largest absolute Gasteiger partial charge is 0.346 e. The predicted octanol–water partition coefficient (Wildman–Crippen LogP) is 3.08. The van der Waals surface area contributed by atoms with Gasteiger partial charge in [-0.25, -0.2) is 0 Å². The van der Waals surface area contributed by atoms with E-state index in [0.29, 0.717) is 30.8 Å². The van der Waals surface area contributed by atoms with Crippen LogP contribution in [0.25, 0.3) is 11.1 Å². The molecule has 1 aliphatic carbocycles. The maximum absolute atomic E-state index is 13.0. The number of hydrogen-bond donors (Lipinski definition) is 0. The number of rotatable bonds is 5. The van der Waals surface area contributed by atoms with Crippen LogP contribution in [0.3, 0.4) is 0 Å². The number of hydrogen-bond acceptors (Lipinski definition) is 5. The summed E-state index contributed by atoms with van der Waals surface area (Å²) in [6.07, 6.45) is 0.316. The third kappa shape index (κ3) is 3.54. The first-order chi connectivity index (χ1) is 15.0. The number of carbonyl (C=O) groups excluding carboxylic acids is 2. The normalized spacial score (nSPS) is 23.4. The van der Waals surface area contributed by atoms with Gasteiger partial charge in [-0.2, -0.15) is 8.78 Å². The zero-order valence-corrected chi connectivity index (χ0v) is 16.6. The van der Waals surface area contributed by atoms with Gasteiger partial charge in [-0.3, -0.25) is 4.79 Å². The molecule has 1 amide bonds. The highest BCUT2D eigenvalue weighted by Crippen LogP contribution is 2.46. The number of benzene rings is 2. The summed E-state index contributed by atoms with van der Waals surface area (Å²) >= 11 is 0. The van der Waals surface area contributed by atoms with E-state index >= 15 is 0 Å². The molecule has 2 fully saturated rings. The summed E-state index contributed by atoms with van der Waals surface area (Å²) in [5.41, 5.74) is 3.65. The van der Waals surface area contributed by atoms with Crippen LogP contribution < -0.4 is 0 Å². The van der Waals surface area contributed by atoms with E-state index in [1.54, 1.807) is 24.3 Å². The Morgan fingerprint density at radius 1 is 1.16 bits per heavy atom. The van der Waals surface area contributed by atoms with Gasteiger partial charge in [-0.05, 0) is 27.8 Å². The van der Waals surface area contributed by atoms with Gasteiger partial charge in [-0.15, -0.1) is 0 Å². The van der Waals surface area contributed by atoms with E-state index in [-0.39, 0.29) is 18.9 Å². The van der Waals surface area contributed by atoms with Crippen LogP contribution in [0.5, 0.6) is 0 Å². The van der Waals surface area contributed by atoms with E-state index in [2.05, 4.69) is 0 Å².